The van der Waals surface area contributed by atoms with Gasteiger partial charge in [0.05, 0.1) is 0 Å². The van der Waals surface area contributed by atoms with Gasteiger partial charge in [-0.05, 0) is 54.6 Å². The number of carbonyl (C=O) groups excluding carboxylic acids is 4. The molecule has 0 aliphatic heterocycles. The molecular formula is C23H37NO8. The number of carbonyl (C=O) groups is 4. The predicted molar refractivity (Wildman–Crippen MR) is 119 cm³/mol. The Hall–Kier alpha value is -2.68. The Balaban J connectivity index is 4.94. The molecule has 0 aromatic carbocycles. The molecule has 0 N–H and O–H groups in total. The molecule has 0 aromatic rings. The average molecular weight is 456 g/mol. The van der Waals surface area contributed by atoms with Gasteiger partial charge in [0, 0.05) is 30.8 Å². The van der Waals surface area contributed by atoms with E-state index in [4.69, 9.17) is 18.9 Å². The molecule has 0 aliphatic carbocycles. The molecule has 9 nitrogen and oxygen atoms in total. The number of likely N-dealkylation sites (N-methyl/N-ethyl adjacent to an activating group) is 1. The van der Waals surface area contributed by atoms with E-state index in [1.807, 2.05) is 18.7 Å². The zero-order valence-corrected chi connectivity index (χ0v) is 20.4. The number of esters is 4. The van der Waals surface area contributed by atoms with Crippen LogP contribution in [0.5, 0.6) is 0 Å². The maximum atomic E-state index is 12.1. The smallest absolute Gasteiger partial charge is 0.331 e. The van der Waals surface area contributed by atoms with E-state index in [0.29, 0.717) is 19.6 Å². The largest absolute Gasteiger partial charge is 0.459 e. The highest BCUT2D eigenvalue weighted by molar-refractivity contribution is 5.92. The highest BCUT2D eigenvalue weighted by Gasteiger charge is 2.20. The van der Waals surface area contributed by atoms with E-state index in [1.54, 1.807) is 41.5 Å². The molecule has 1 unspecified atom stereocenters. The summed E-state index contributed by atoms with van der Waals surface area (Å²) in [5.41, 5.74) is -1.36. The van der Waals surface area contributed by atoms with Crippen LogP contribution >= 0.6 is 0 Å². The minimum Gasteiger partial charge on any atom is -0.459 e. The lowest BCUT2D eigenvalue weighted by atomic mass is 10.2. The van der Waals surface area contributed by atoms with Crippen molar-refractivity contribution in [2.75, 3.05) is 26.2 Å². The molecule has 182 valence electrons. The van der Waals surface area contributed by atoms with Crippen molar-refractivity contribution in [3.8, 4) is 0 Å². The third-order valence-corrected chi connectivity index (χ3v) is 3.58. The van der Waals surface area contributed by atoms with Crippen molar-refractivity contribution in [2.45, 2.75) is 72.7 Å². The quantitative estimate of drug-likeness (QED) is 0.264. The Morgan fingerprint density at radius 1 is 0.719 bits per heavy atom. The van der Waals surface area contributed by atoms with Crippen LogP contribution < -0.4 is 0 Å². The highest BCUT2D eigenvalue weighted by atomic mass is 16.6. The second kappa shape index (κ2) is 13.7. The minimum atomic E-state index is -0.777. The standard InChI is InChI=1S/C23H37NO8/c1-9-24(10-2)15-17(30-19(26)12-14-21(28)32-23(6,7)8)16-29-18(25)11-13-20(27)31-22(3,4)5/h11-14,17H,9-10,15-16H2,1-8H3/b13-11+,14-12+. The van der Waals surface area contributed by atoms with Crippen LogP contribution in [0, 0.1) is 0 Å². The van der Waals surface area contributed by atoms with E-state index in [1.165, 1.54) is 0 Å². The molecule has 0 aliphatic rings. The molecule has 0 saturated carbocycles. The summed E-state index contributed by atoms with van der Waals surface area (Å²) < 4.78 is 20.6. The van der Waals surface area contributed by atoms with Crippen LogP contribution in [0.25, 0.3) is 0 Å². The minimum absolute atomic E-state index is 0.222. The van der Waals surface area contributed by atoms with Gasteiger partial charge in [0.15, 0.2) is 0 Å². The number of rotatable bonds is 11. The van der Waals surface area contributed by atoms with Gasteiger partial charge in [0.2, 0.25) is 0 Å². The van der Waals surface area contributed by atoms with Crippen molar-refractivity contribution >= 4 is 23.9 Å². The van der Waals surface area contributed by atoms with Gasteiger partial charge in [-0.1, -0.05) is 13.8 Å². The van der Waals surface area contributed by atoms with Gasteiger partial charge in [0.25, 0.3) is 0 Å². The van der Waals surface area contributed by atoms with E-state index in [2.05, 4.69) is 0 Å². The van der Waals surface area contributed by atoms with Crippen LogP contribution in [-0.2, 0) is 38.1 Å². The van der Waals surface area contributed by atoms with Crippen LogP contribution in [0.1, 0.15) is 55.4 Å². The number of hydrogen-bond donors (Lipinski definition) is 0. The molecule has 32 heavy (non-hydrogen) atoms. The molecule has 0 rings (SSSR count). The fourth-order valence-corrected chi connectivity index (χ4v) is 2.26. The summed E-state index contributed by atoms with van der Waals surface area (Å²) in [6.07, 6.45) is 3.10. The first kappa shape index (κ1) is 29.3. The molecule has 1 atom stereocenters. The monoisotopic (exact) mass is 455 g/mol. The lowest BCUT2D eigenvalue weighted by Gasteiger charge is -2.24. The first-order chi connectivity index (χ1) is 14.6. The van der Waals surface area contributed by atoms with Crippen LogP contribution in [0.3, 0.4) is 0 Å². The first-order valence-electron chi connectivity index (χ1n) is 10.6. The Bertz CT molecular complexity index is 694. The normalized spacial score (nSPS) is 13.3. The lowest BCUT2D eigenvalue weighted by molar-refractivity contribution is -0.154. The molecular weight excluding hydrogens is 418 g/mol. The third kappa shape index (κ3) is 16.1. The van der Waals surface area contributed by atoms with Crippen molar-refractivity contribution in [2.24, 2.45) is 0 Å². The predicted octanol–water partition coefficient (Wildman–Crippen LogP) is 2.58. The molecule has 0 heterocycles. The van der Waals surface area contributed by atoms with Crippen LogP contribution in [0.2, 0.25) is 0 Å². The fourth-order valence-electron chi connectivity index (χ4n) is 2.26. The summed E-state index contributed by atoms with van der Waals surface area (Å²) in [4.78, 5) is 49.4. The number of nitrogens with zero attached hydrogens (tertiary/aromatic N) is 1. The van der Waals surface area contributed by atoms with Crippen molar-refractivity contribution < 1.29 is 38.1 Å². The Labute approximate surface area is 190 Å². The molecule has 0 fully saturated rings. The van der Waals surface area contributed by atoms with E-state index in [-0.39, 0.29) is 6.61 Å². The van der Waals surface area contributed by atoms with Gasteiger partial charge in [-0.3, -0.25) is 0 Å². The lowest BCUT2D eigenvalue weighted by Crippen LogP contribution is -2.38. The van der Waals surface area contributed by atoms with Gasteiger partial charge in [-0.2, -0.15) is 0 Å². The Kier molecular flexibility index (Phi) is 12.5. The van der Waals surface area contributed by atoms with Crippen LogP contribution in [-0.4, -0.2) is 72.3 Å². The van der Waals surface area contributed by atoms with Crippen LogP contribution in [0.4, 0.5) is 0 Å². The first-order valence-corrected chi connectivity index (χ1v) is 10.6. The zero-order chi connectivity index (χ0) is 24.9. The SMILES string of the molecule is CCN(CC)CC(COC(=O)/C=C/C(=O)OC(C)(C)C)OC(=O)/C=C/C(=O)OC(C)(C)C. The Morgan fingerprint density at radius 2 is 1.12 bits per heavy atom. The van der Waals surface area contributed by atoms with E-state index in [0.717, 1.165) is 24.3 Å². The van der Waals surface area contributed by atoms with Gasteiger partial charge >= 0.3 is 23.9 Å². The molecule has 0 aromatic heterocycles. The third-order valence-electron chi connectivity index (χ3n) is 3.58. The highest BCUT2D eigenvalue weighted by Crippen LogP contribution is 2.08. The molecule has 0 spiro atoms. The number of hydrogen-bond acceptors (Lipinski definition) is 9. The molecule has 0 saturated heterocycles. The van der Waals surface area contributed by atoms with Gasteiger partial charge < -0.3 is 23.8 Å². The average Bonchev–Trinajstić information content (AvgIpc) is 2.64. The second-order valence-corrected chi connectivity index (χ2v) is 8.91. The molecule has 9 heteroatoms. The summed E-state index contributed by atoms with van der Waals surface area (Å²) >= 11 is 0. The van der Waals surface area contributed by atoms with Gasteiger partial charge in [-0.15, -0.1) is 0 Å². The summed E-state index contributed by atoms with van der Waals surface area (Å²) in [7, 11) is 0. The maximum Gasteiger partial charge on any atom is 0.331 e. The Morgan fingerprint density at radius 3 is 1.53 bits per heavy atom. The summed E-state index contributed by atoms with van der Waals surface area (Å²) in [5, 5.41) is 0. The van der Waals surface area contributed by atoms with Crippen molar-refractivity contribution in [3.63, 3.8) is 0 Å². The molecule has 0 radical (unpaired) electrons. The fraction of sp³-hybridized carbons (Fsp3) is 0.652. The summed E-state index contributed by atoms with van der Waals surface area (Å²) in [6, 6.07) is 0. The van der Waals surface area contributed by atoms with Gasteiger partial charge in [0.1, 0.15) is 23.9 Å². The van der Waals surface area contributed by atoms with Crippen molar-refractivity contribution in [3.05, 3.63) is 24.3 Å². The summed E-state index contributed by atoms with van der Waals surface area (Å²) in [5.74, 6) is -2.89. The molecule has 0 amide bonds. The maximum absolute atomic E-state index is 12.1. The van der Waals surface area contributed by atoms with E-state index in [9.17, 15) is 19.2 Å². The zero-order valence-electron chi connectivity index (χ0n) is 20.4. The number of ether oxygens (including phenoxy) is 4. The topological polar surface area (TPSA) is 108 Å². The summed E-state index contributed by atoms with van der Waals surface area (Å²) in [6.45, 7) is 15.6. The van der Waals surface area contributed by atoms with Crippen molar-refractivity contribution in [1.29, 1.82) is 0 Å². The van der Waals surface area contributed by atoms with E-state index >= 15 is 0 Å². The molecule has 0 bridgehead atoms. The second-order valence-electron chi connectivity index (χ2n) is 8.91. The van der Waals surface area contributed by atoms with Crippen LogP contribution in [0.15, 0.2) is 24.3 Å². The van der Waals surface area contributed by atoms with E-state index < -0.39 is 41.2 Å². The van der Waals surface area contributed by atoms with Crippen molar-refractivity contribution in [1.82, 2.24) is 4.90 Å². The van der Waals surface area contributed by atoms with Gasteiger partial charge in [-0.25, -0.2) is 19.2 Å².